The zero-order valence-corrected chi connectivity index (χ0v) is 12.6. The van der Waals surface area contributed by atoms with Crippen molar-refractivity contribution in [2.45, 2.75) is 18.5 Å². The summed E-state index contributed by atoms with van der Waals surface area (Å²) < 4.78 is 0. The SMILES string of the molecule is C=C(C)C(c1ccccc1)N(CC(=O)O)C(CO)(CO)CO. The van der Waals surface area contributed by atoms with Gasteiger partial charge in [-0.05, 0) is 12.5 Å². The van der Waals surface area contributed by atoms with Crippen LogP contribution in [0.5, 0.6) is 0 Å². The number of nitrogens with zero attached hydrogens (tertiary/aromatic N) is 1. The van der Waals surface area contributed by atoms with Gasteiger partial charge < -0.3 is 20.4 Å². The van der Waals surface area contributed by atoms with Crippen molar-refractivity contribution >= 4 is 5.97 Å². The van der Waals surface area contributed by atoms with E-state index in [1.165, 1.54) is 4.90 Å². The van der Waals surface area contributed by atoms with Crippen LogP contribution in [0.25, 0.3) is 0 Å². The minimum Gasteiger partial charge on any atom is -0.480 e. The van der Waals surface area contributed by atoms with Gasteiger partial charge in [-0.15, -0.1) is 0 Å². The van der Waals surface area contributed by atoms with Gasteiger partial charge in [-0.3, -0.25) is 9.69 Å². The molecule has 1 unspecified atom stereocenters. The summed E-state index contributed by atoms with van der Waals surface area (Å²) in [5.74, 6) is -1.12. The van der Waals surface area contributed by atoms with Crippen molar-refractivity contribution in [3.63, 3.8) is 0 Å². The number of aliphatic carboxylic acids is 1. The molecule has 0 aliphatic carbocycles. The molecule has 0 radical (unpaired) electrons. The lowest BCUT2D eigenvalue weighted by Gasteiger charge is -2.44. The molecule has 0 bridgehead atoms. The van der Waals surface area contributed by atoms with Crippen LogP contribution < -0.4 is 0 Å². The van der Waals surface area contributed by atoms with Crippen molar-refractivity contribution in [1.29, 1.82) is 0 Å². The third-order valence-electron chi connectivity index (χ3n) is 3.69. The van der Waals surface area contributed by atoms with Gasteiger partial charge >= 0.3 is 5.97 Å². The molecule has 6 nitrogen and oxygen atoms in total. The normalized spacial score (nSPS) is 13.1. The fourth-order valence-corrected chi connectivity index (χ4v) is 2.47. The van der Waals surface area contributed by atoms with Crippen LogP contribution in [0.2, 0.25) is 0 Å². The quantitative estimate of drug-likeness (QED) is 0.493. The zero-order chi connectivity index (χ0) is 16.8. The van der Waals surface area contributed by atoms with Gasteiger partial charge in [0.2, 0.25) is 0 Å². The minimum atomic E-state index is -1.46. The highest BCUT2D eigenvalue weighted by atomic mass is 16.4. The van der Waals surface area contributed by atoms with Crippen molar-refractivity contribution in [2.75, 3.05) is 26.4 Å². The predicted octanol–water partition coefficient (Wildman–Crippen LogP) is 0.406. The molecule has 1 rings (SSSR count). The number of carboxylic acid groups (broad SMARTS) is 1. The average molecular weight is 309 g/mol. The Labute approximate surface area is 129 Å². The summed E-state index contributed by atoms with van der Waals surface area (Å²) >= 11 is 0. The Bertz CT molecular complexity index is 490. The lowest BCUT2D eigenvalue weighted by Crippen LogP contribution is -2.59. The molecule has 0 saturated carbocycles. The number of aliphatic hydroxyl groups excluding tert-OH is 3. The Kier molecular flexibility index (Phi) is 6.70. The van der Waals surface area contributed by atoms with Gasteiger partial charge in [-0.2, -0.15) is 0 Å². The van der Waals surface area contributed by atoms with Gasteiger partial charge in [0, 0.05) is 0 Å². The van der Waals surface area contributed by atoms with Gasteiger partial charge in [0.1, 0.15) is 0 Å². The Morgan fingerprint density at radius 1 is 1.18 bits per heavy atom. The second-order valence-electron chi connectivity index (χ2n) is 5.38. The molecule has 0 heterocycles. The summed E-state index contributed by atoms with van der Waals surface area (Å²) in [6.07, 6.45) is 0. The molecule has 0 fully saturated rings. The Hall–Kier alpha value is -1.73. The maximum atomic E-state index is 11.2. The molecule has 1 atom stereocenters. The van der Waals surface area contributed by atoms with Gasteiger partial charge in [-0.25, -0.2) is 0 Å². The fourth-order valence-electron chi connectivity index (χ4n) is 2.47. The molecule has 0 aliphatic rings. The highest BCUT2D eigenvalue weighted by Gasteiger charge is 2.41. The monoisotopic (exact) mass is 309 g/mol. The Balaban J connectivity index is 3.39. The standard InChI is InChI=1S/C16H23NO5/c1-12(2)15(13-6-4-3-5-7-13)17(8-14(21)22)16(9-18,10-19)11-20/h3-7,15,18-20H,1,8-11H2,2H3,(H,21,22). The van der Waals surface area contributed by atoms with Gasteiger partial charge in [0.15, 0.2) is 0 Å². The molecule has 1 aromatic carbocycles. The molecule has 0 amide bonds. The molecule has 1 aromatic rings. The number of benzene rings is 1. The van der Waals surface area contributed by atoms with E-state index in [1.807, 2.05) is 30.3 Å². The molecule has 22 heavy (non-hydrogen) atoms. The zero-order valence-electron chi connectivity index (χ0n) is 12.6. The first-order valence-corrected chi connectivity index (χ1v) is 6.93. The van der Waals surface area contributed by atoms with Crippen LogP contribution in [-0.2, 0) is 4.79 Å². The van der Waals surface area contributed by atoms with Gasteiger partial charge in [-0.1, -0.05) is 42.5 Å². The van der Waals surface area contributed by atoms with E-state index in [0.29, 0.717) is 5.57 Å². The van der Waals surface area contributed by atoms with Crippen molar-refractivity contribution in [3.05, 3.63) is 48.0 Å². The highest BCUT2D eigenvalue weighted by Crippen LogP contribution is 2.33. The van der Waals surface area contributed by atoms with Crippen LogP contribution in [0.15, 0.2) is 42.5 Å². The molecule has 4 N–H and O–H groups in total. The average Bonchev–Trinajstić information content (AvgIpc) is 2.50. The molecular formula is C16H23NO5. The third-order valence-corrected chi connectivity index (χ3v) is 3.69. The second-order valence-corrected chi connectivity index (χ2v) is 5.38. The van der Waals surface area contributed by atoms with E-state index in [1.54, 1.807) is 6.92 Å². The lowest BCUT2D eigenvalue weighted by atomic mass is 9.91. The van der Waals surface area contributed by atoms with Crippen molar-refractivity contribution < 1.29 is 25.2 Å². The topological polar surface area (TPSA) is 101 Å². The molecule has 0 spiro atoms. The molecular weight excluding hydrogens is 286 g/mol. The Morgan fingerprint density at radius 3 is 2.05 bits per heavy atom. The van der Waals surface area contributed by atoms with Crippen molar-refractivity contribution in [1.82, 2.24) is 4.90 Å². The number of aliphatic hydroxyl groups is 3. The summed E-state index contributed by atoms with van der Waals surface area (Å²) in [5, 5.41) is 38.2. The molecule has 0 aliphatic heterocycles. The highest BCUT2D eigenvalue weighted by molar-refractivity contribution is 5.69. The predicted molar refractivity (Wildman–Crippen MR) is 82.3 cm³/mol. The Morgan fingerprint density at radius 2 is 1.68 bits per heavy atom. The minimum absolute atomic E-state index is 0.450. The van der Waals surface area contributed by atoms with E-state index in [4.69, 9.17) is 0 Å². The van der Waals surface area contributed by atoms with Crippen molar-refractivity contribution in [3.8, 4) is 0 Å². The van der Waals surface area contributed by atoms with Crippen LogP contribution in [-0.4, -0.2) is 63.2 Å². The van der Waals surface area contributed by atoms with E-state index in [0.717, 1.165) is 5.56 Å². The molecule has 122 valence electrons. The van der Waals surface area contributed by atoms with Gasteiger partial charge in [0.05, 0.1) is 37.9 Å². The second kappa shape index (κ2) is 8.05. The first-order chi connectivity index (χ1) is 10.4. The summed E-state index contributed by atoms with van der Waals surface area (Å²) in [5.41, 5.74) is -0.0409. The van der Waals surface area contributed by atoms with E-state index in [9.17, 15) is 25.2 Å². The van der Waals surface area contributed by atoms with Gasteiger partial charge in [0.25, 0.3) is 0 Å². The number of rotatable bonds is 9. The number of hydrogen-bond donors (Lipinski definition) is 4. The van der Waals surface area contributed by atoms with Crippen LogP contribution in [0, 0.1) is 0 Å². The molecule has 6 heteroatoms. The number of hydrogen-bond acceptors (Lipinski definition) is 5. The van der Waals surface area contributed by atoms with Crippen LogP contribution in [0.3, 0.4) is 0 Å². The lowest BCUT2D eigenvalue weighted by molar-refractivity contribution is -0.144. The first-order valence-electron chi connectivity index (χ1n) is 6.93. The van der Waals surface area contributed by atoms with E-state index in [2.05, 4.69) is 6.58 Å². The third kappa shape index (κ3) is 3.92. The van der Waals surface area contributed by atoms with E-state index >= 15 is 0 Å². The molecule has 0 saturated heterocycles. The summed E-state index contributed by atoms with van der Waals surface area (Å²) in [4.78, 5) is 12.6. The van der Waals surface area contributed by atoms with E-state index < -0.39 is 43.9 Å². The fraction of sp³-hybridized carbons (Fsp3) is 0.438. The molecule has 0 aromatic heterocycles. The number of carboxylic acids is 1. The summed E-state index contributed by atoms with van der Waals surface area (Å²) in [7, 11) is 0. The summed E-state index contributed by atoms with van der Waals surface area (Å²) in [6.45, 7) is 3.45. The summed E-state index contributed by atoms with van der Waals surface area (Å²) in [6, 6.07) is 8.52. The largest absolute Gasteiger partial charge is 0.480 e. The van der Waals surface area contributed by atoms with E-state index in [-0.39, 0.29) is 0 Å². The maximum Gasteiger partial charge on any atom is 0.317 e. The van der Waals surface area contributed by atoms with Crippen molar-refractivity contribution in [2.24, 2.45) is 0 Å². The number of carbonyl (C=O) groups is 1. The smallest absolute Gasteiger partial charge is 0.317 e. The maximum absolute atomic E-state index is 11.2. The van der Waals surface area contributed by atoms with Crippen LogP contribution in [0.4, 0.5) is 0 Å². The van der Waals surface area contributed by atoms with Crippen LogP contribution in [0.1, 0.15) is 18.5 Å². The first kappa shape index (κ1) is 18.3. The van der Waals surface area contributed by atoms with Crippen LogP contribution >= 0.6 is 0 Å².